The Balaban J connectivity index is 2.28. The minimum Gasteiger partial charge on any atom is -0.465 e. The highest BCUT2D eigenvalue weighted by atomic mass is 32.1. The number of methoxy groups -OCH3 is 1. The Morgan fingerprint density at radius 1 is 1.63 bits per heavy atom. The van der Waals surface area contributed by atoms with Gasteiger partial charge in [0.15, 0.2) is 0 Å². The smallest absolute Gasteiger partial charge is 0.350 e. The fourth-order valence-electron chi connectivity index (χ4n) is 2.20. The van der Waals surface area contributed by atoms with Gasteiger partial charge in [-0.25, -0.2) is 4.79 Å². The SMILES string of the molecule is COC(=O)c1sc(N(C)CC2CCC2)c(C#N)c1N. The Morgan fingerprint density at radius 2 is 2.32 bits per heavy atom. The molecule has 0 aromatic carbocycles. The highest BCUT2D eigenvalue weighted by molar-refractivity contribution is 7.18. The molecule has 2 N–H and O–H groups in total. The summed E-state index contributed by atoms with van der Waals surface area (Å²) in [5.41, 5.74) is 6.48. The number of nitriles is 1. The standard InChI is InChI=1S/C13H17N3O2S/c1-16(7-8-4-3-5-8)12-9(6-14)10(15)11(19-12)13(17)18-2/h8H,3-5,7,15H2,1-2H3. The van der Waals surface area contributed by atoms with Crippen LogP contribution in [-0.2, 0) is 4.74 Å². The van der Waals surface area contributed by atoms with Crippen molar-refractivity contribution < 1.29 is 9.53 Å². The fraction of sp³-hybridized carbons (Fsp3) is 0.538. The maximum Gasteiger partial charge on any atom is 0.350 e. The first-order valence-electron chi connectivity index (χ1n) is 6.20. The van der Waals surface area contributed by atoms with Crippen molar-refractivity contribution in [3.05, 3.63) is 10.4 Å². The van der Waals surface area contributed by atoms with Gasteiger partial charge in [-0.1, -0.05) is 6.42 Å². The molecule has 1 aliphatic rings. The van der Waals surface area contributed by atoms with E-state index in [0.717, 1.165) is 11.5 Å². The fourth-order valence-corrected chi connectivity index (χ4v) is 3.26. The molecule has 19 heavy (non-hydrogen) atoms. The maximum absolute atomic E-state index is 11.6. The molecule has 0 aliphatic heterocycles. The number of carbonyl (C=O) groups excluding carboxylic acids is 1. The van der Waals surface area contributed by atoms with E-state index in [0.29, 0.717) is 16.4 Å². The molecule has 102 valence electrons. The van der Waals surface area contributed by atoms with Gasteiger partial charge in [0.2, 0.25) is 0 Å². The van der Waals surface area contributed by atoms with Gasteiger partial charge in [-0.3, -0.25) is 0 Å². The van der Waals surface area contributed by atoms with E-state index < -0.39 is 5.97 Å². The number of nitrogens with two attached hydrogens (primary N) is 1. The number of hydrogen-bond donors (Lipinski definition) is 1. The minimum absolute atomic E-state index is 0.231. The Labute approximate surface area is 116 Å². The van der Waals surface area contributed by atoms with E-state index in [1.54, 1.807) is 0 Å². The normalized spacial score (nSPS) is 14.6. The van der Waals surface area contributed by atoms with Crippen molar-refractivity contribution in [3.8, 4) is 6.07 Å². The van der Waals surface area contributed by atoms with E-state index in [-0.39, 0.29) is 5.69 Å². The molecule has 1 heterocycles. The zero-order valence-electron chi connectivity index (χ0n) is 11.1. The highest BCUT2D eigenvalue weighted by Gasteiger charge is 2.26. The van der Waals surface area contributed by atoms with Gasteiger partial charge >= 0.3 is 5.97 Å². The summed E-state index contributed by atoms with van der Waals surface area (Å²) in [6, 6.07) is 2.09. The predicted octanol–water partition coefficient (Wildman–Crippen LogP) is 2.22. The summed E-state index contributed by atoms with van der Waals surface area (Å²) in [7, 11) is 3.25. The van der Waals surface area contributed by atoms with Crippen LogP contribution in [0.2, 0.25) is 0 Å². The van der Waals surface area contributed by atoms with E-state index >= 15 is 0 Å². The first-order chi connectivity index (χ1) is 9.08. The van der Waals surface area contributed by atoms with Crippen molar-refractivity contribution in [3.63, 3.8) is 0 Å². The lowest BCUT2D eigenvalue weighted by atomic mass is 9.85. The molecule has 0 radical (unpaired) electrons. The summed E-state index contributed by atoms with van der Waals surface area (Å²) < 4.78 is 4.69. The van der Waals surface area contributed by atoms with Crippen LogP contribution >= 0.6 is 11.3 Å². The molecular formula is C13H17N3O2S. The molecule has 0 unspecified atom stereocenters. The number of thiophene rings is 1. The average Bonchev–Trinajstić information content (AvgIpc) is 2.69. The first-order valence-corrected chi connectivity index (χ1v) is 7.02. The van der Waals surface area contributed by atoms with Gasteiger partial charge in [0.1, 0.15) is 21.5 Å². The van der Waals surface area contributed by atoms with Gasteiger partial charge in [0.25, 0.3) is 0 Å². The third-order valence-corrected chi connectivity index (χ3v) is 4.81. The van der Waals surface area contributed by atoms with Crippen molar-refractivity contribution in [2.45, 2.75) is 19.3 Å². The summed E-state index contributed by atoms with van der Waals surface area (Å²) >= 11 is 1.23. The van der Waals surface area contributed by atoms with E-state index in [4.69, 9.17) is 5.73 Å². The number of nitrogens with zero attached hydrogens (tertiary/aromatic N) is 2. The Hall–Kier alpha value is -1.74. The molecule has 0 bridgehead atoms. The maximum atomic E-state index is 11.6. The van der Waals surface area contributed by atoms with Gasteiger partial charge in [-0.2, -0.15) is 5.26 Å². The lowest BCUT2D eigenvalue weighted by Gasteiger charge is -2.30. The molecule has 0 atom stereocenters. The van der Waals surface area contributed by atoms with Gasteiger partial charge in [0.05, 0.1) is 12.8 Å². The van der Waals surface area contributed by atoms with Crippen LogP contribution in [0.3, 0.4) is 0 Å². The lowest BCUT2D eigenvalue weighted by Crippen LogP contribution is -2.29. The van der Waals surface area contributed by atoms with Crippen molar-refractivity contribution in [2.75, 3.05) is 31.3 Å². The molecule has 1 aromatic rings. The van der Waals surface area contributed by atoms with E-state index in [1.807, 2.05) is 11.9 Å². The lowest BCUT2D eigenvalue weighted by molar-refractivity contribution is 0.0607. The molecule has 1 aliphatic carbocycles. The van der Waals surface area contributed by atoms with Gasteiger partial charge in [-0.05, 0) is 18.8 Å². The second-order valence-electron chi connectivity index (χ2n) is 4.81. The molecule has 1 saturated carbocycles. The van der Waals surface area contributed by atoms with Gasteiger partial charge < -0.3 is 15.4 Å². The largest absolute Gasteiger partial charge is 0.465 e. The molecule has 2 rings (SSSR count). The quantitative estimate of drug-likeness (QED) is 0.855. The van der Waals surface area contributed by atoms with Crippen LogP contribution in [0.15, 0.2) is 0 Å². The third kappa shape index (κ3) is 2.51. The molecule has 6 heteroatoms. The number of hydrogen-bond acceptors (Lipinski definition) is 6. The topological polar surface area (TPSA) is 79.3 Å². The van der Waals surface area contributed by atoms with Gasteiger partial charge in [-0.15, -0.1) is 11.3 Å². The van der Waals surface area contributed by atoms with E-state index in [1.165, 1.54) is 37.7 Å². The predicted molar refractivity (Wildman–Crippen MR) is 75.4 cm³/mol. The van der Waals surface area contributed by atoms with Crippen LogP contribution in [0.4, 0.5) is 10.7 Å². The van der Waals surface area contributed by atoms with Gasteiger partial charge in [0, 0.05) is 13.6 Å². The molecule has 0 spiro atoms. The third-order valence-electron chi connectivity index (χ3n) is 3.51. The summed E-state index contributed by atoms with van der Waals surface area (Å²) in [5.74, 6) is 0.198. The molecular weight excluding hydrogens is 262 g/mol. The number of rotatable bonds is 4. The van der Waals surface area contributed by atoms with Crippen LogP contribution in [0.25, 0.3) is 0 Å². The summed E-state index contributed by atoms with van der Waals surface area (Å²) in [6.07, 6.45) is 3.75. The van der Waals surface area contributed by atoms with Crippen LogP contribution in [0.5, 0.6) is 0 Å². The van der Waals surface area contributed by atoms with Crippen LogP contribution in [-0.4, -0.2) is 26.7 Å². The molecule has 5 nitrogen and oxygen atoms in total. The van der Waals surface area contributed by atoms with Crippen molar-refractivity contribution in [2.24, 2.45) is 5.92 Å². The summed E-state index contributed by atoms with van der Waals surface area (Å²) in [5, 5.41) is 9.98. The van der Waals surface area contributed by atoms with Crippen LogP contribution in [0.1, 0.15) is 34.5 Å². The zero-order chi connectivity index (χ0) is 14.0. The number of anilines is 2. The van der Waals surface area contributed by atoms with Crippen LogP contribution < -0.4 is 10.6 Å². The minimum atomic E-state index is -0.484. The van der Waals surface area contributed by atoms with E-state index in [9.17, 15) is 10.1 Å². The number of nitrogen functional groups attached to an aromatic ring is 1. The second-order valence-corrected chi connectivity index (χ2v) is 5.80. The first kappa shape index (κ1) is 13.7. The number of ether oxygens (including phenoxy) is 1. The highest BCUT2D eigenvalue weighted by Crippen LogP contribution is 2.39. The van der Waals surface area contributed by atoms with E-state index in [2.05, 4.69) is 10.8 Å². The molecule has 1 fully saturated rings. The summed E-state index contributed by atoms with van der Waals surface area (Å²) in [6.45, 7) is 0.898. The number of carbonyl (C=O) groups is 1. The van der Waals surface area contributed by atoms with Crippen molar-refractivity contribution in [1.29, 1.82) is 5.26 Å². The summed E-state index contributed by atoms with van der Waals surface area (Å²) in [4.78, 5) is 13.9. The Kier molecular flexibility index (Phi) is 3.96. The number of esters is 1. The Bertz CT molecular complexity index is 529. The monoisotopic (exact) mass is 279 g/mol. The van der Waals surface area contributed by atoms with Crippen molar-refractivity contribution in [1.82, 2.24) is 0 Å². The van der Waals surface area contributed by atoms with Crippen LogP contribution in [0, 0.1) is 17.2 Å². The molecule has 0 saturated heterocycles. The Morgan fingerprint density at radius 3 is 2.79 bits per heavy atom. The second kappa shape index (κ2) is 5.49. The molecule has 0 amide bonds. The zero-order valence-corrected chi connectivity index (χ0v) is 11.9. The molecule has 1 aromatic heterocycles. The average molecular weight is 279 g/mol. The van der Waals surface area contributed by atoms with Crippen molar-refractivity contribution >= 4 is 28.0 Å².